The van der Waals surface area contributed by atoms with Gasteiger partial charge < -0.3 is 8.98 Å². The molecule has 2 heterocycles. The molecule has 2 aromatic heterocycles. The van der Waals surface area contributed by atoms with Crippen LogP contribution in [0.5, 0.6) is 0 Å². The minimum Gasteiger partial charge on any atom is -0.422 e. The van der Waals surface area contributed by atoms with Gasteiger partial charge in [0.2, 0.25) is 0 Å². The van der Waals surface area contributed by atoms with E-state index in [0.717, 1.165) is 33.1 Å². The molecule has 9 rings (SSSR count). The number of nitrogens with zero attached hydrogens (tertiary/aromatic N) is 1. The maximum absolute atomic E-state index is 12.8. The molecule has 6 aromatic carbocycles. The summed E-state index contributed by atoms with van der Waals surface area (Å²) >= 11 is 0. The standard InChI is InChI=1S/C40H27NO2/c1-40(2)34-15-9-8-13-28(34)31-22-33-32-20-24(17-19-36(32)41(37(33)23-35(31)40)26-10-4-3-5-11-26)25-16-18-29-27-12-6-7-14-30(27)39(42)43-38(29)21-25/h3-23H,1-2H3. The van der Waals surface area contributed by atoms with Crippen molar-refractivity contribution in [2.45, 2.75) is 19.3 Å². The highest BCUT2D eigenvalue weighted by Crippen LogP contribution is 2.51. The fourth-order valence-electron chi connectivity index (χ4n) is 7.31. The summed E-state index contributed by atoms with van der Waals surface area (Å²) in [5, 5.41) is 4.89. The van der Waals surface area contributed by atoms with Crippen molar-refractivity contribution >= 4 is 43.5 Å². The molecule has 0 unspecified atom stereocenters. The molecule has 0 spiro atoms. The van der Waals surface area contributed by atoms with Crippen LogP contribution in [0.2, 0.25) is 0 Å². The Morgan fingerprint density at radius 2 is 1.23 bits per heavy atom. The molecule has 0 aliphatic heterocycles. The number of rotatable bonds is 2. The molecule has 1 aliphatic rings. The van der Waals surface area contributed by atoms with E-state index in [-0.39, 0.29) is 11.0 Å². The van der Waals surface area contributed by atoms with Crippen LogP contribution in [0.15, 0.2) is 137 Å². The van der Waals surface area contributed by atoms with Crippen LogP contribution in [0, 0.1) is 0 Å². The number of aromatic nitrogens is 1. The third kappa shape index (κ3) is 3.33. The molecule has 43 heavy (non-hydrogen) atoms. The summed E-state index contributed by atoms with van der Waals surface area (Å²) < 4.78 is 8.19. The fourth-order valence-corrected chi connectivity index (χ4v) is 7.31. The molecule has 3 nitrogen and oxygen atoms in total. The number of hydrogen-bond acceptors (Lipinski definition) is 2. The normalized spacial score (nSPS) is 13.6. The number of fused-ring (bicyclic) bond motifs is 9. The zero-order valence-electron chi connectivity index (χ0n) is 23.9. The Bertz CT molecular complexity index is 2500. The molecule has 0 saturated heterocycles. The molecule has 0 fully saturated rings. The SMILES string of the molecule is CC1(C)c2ccccc2-c2cc3c4cc(-c5ccc6c(c5)oc(=O)c5ccccc56)ccc4n(-c4ccccc4)c3cc21. The van der Waals surface area contributed by atoms with Crippen molar-refractivity contribution in [2.75, 3.05) is 0 Å². The second-order valence-electron chi connectivity index (χ2n) is 12.1. The zero-order chi connectivity index (χ0) is 28.9. The molecule has 8 aromatic rings. The molecule has 0 atom stereocenters. The second-order valence-corrected chi connectivity index (χ2v) is 12.1. The lowest BCUT2D eigenvalue weighted by Crippen LogP contribution is -2.14. The number of benzene rings is 6. The molecular formula is C40H27NO2. The summed E-state index contributed by atoms with van der Waals surface area (Å²) in [6.45, 7) is 4.66. The van der Waals surface area contributed by atoms with Crippen molar-refractivity contribution in [3.63, 3.8) is 0 Å². The highest BCUT2D eigenvalue weighted by Gasteiger charge is 2.36. The average Bonchev–Trinajstić information content (AvgIpc) is 3.48. The highest BCUT2D eigenvalue weighted by molar-refractivity contribution is 6.13. The molecule has 3 heteroatoms. The van der Waals surface area contributed by atoms with E-state index in [1.54, 1.807) is 0 Å². The molecule has 1 aliphatic carbocycles. The van der Waals surface area contributed by atoms with Crippen molar-refractivity contribution in [2.24, 2.45) is 0 Å². The average molecular weight is 554 g/mol. The zero-order valence-corrected chi connectivity index (χ0v) is 23.9. The Balaban J connectivity index is 1.32. The van der Waals surface area contributed by atoms with Gasteiger partial charge in [0, 0.05) is 27.3 Å². The molecular weight excluding hydrogens is 526 g/mol. The summed E-state index contributed by atoms with van der Waals surface area (Å²) in [6.07, 6.45) is 0. The van der Waals surface area contributed by atoms with E-state index in [2.05, 4.69) is 115 Å². The first-order valence-electron chi connectivity index (χ1n) is 14.7. The van der Waals surface area contributed by atoms with E-state index >= 15 is 0 Å². The summed E-state index contributed by atoms with van der Waals surface area (Å²) in [6, 6.07) is 44.7. The van der Waals surface area contributed by atoms with Crippen LogP contribution in [0.1, 0.15) is 25.0 Å². The smallest absolute Gasteiger partial charge is 0.344 e. The third-order valence-electron chi connectivity index (χ3n) is 9.44. The van der Waals surface area contributed by atoms with Crippen LogP contribution >= 0.6 is 0 Å². The van der Waals surface area contributed by atoms with Crippen molar-refractivity contribution in [3.8, 4) is 27.9 Å². The maximum atomic E-state index is 12.8. The maximum Gasteiger partial charge on any atom is 0.344 e. The lowest BCUT2D eigenvalue weighted by atomic mass is 9.82. The van der Waals surface area contributed by atoms with E-state index in [1.807, 2.05) is 30.3 Å². The van der Waals surface area contributed by atoms with E-state index in [1.165, 1.54) is 38.5 Å². The quantitative estimate of drug-likeness (QED) is 0.158. The van der Waals surface area contributed by atoms with Gasteiger partial charge in [0.05, 0.1) is 16.4 Å². The van der Waals surface area contributed by atoms with Crippen LogP contribution in [0.4, 0.5) is 0 Å². The van der Waals surface area contributed by atoms with Gasteiger partial charge >= 0.3 is 5.63 Å². The van der Waals surface area contributed by atoms with Gasteiger partial charge in [-0.2, -0.15) is 0 Å². The molecule has 0 saturated carbocycles. The minimum absolute atomic E-state index is 0.0809. The van der Waals surface area contributed by atoms with Crippen LogP contribution < -0.4 is 5.63 Å². The van der Waals surface area contributed by atoms with Crippen LogP contribution in [-0.2, 0) is 5.41 Å². The van der Waals surface area contributed by atoms with E-state index in [0.29, 0.717) is 11.0 Å². The van der Waals surface area contributed by atoms with Crippen molar-refractivity contribution in [3.05, 3.63) is 149 Å². The van der Waals surface area contributed by atoms with Gasteiger partial charge in [-0.25, -0.2) is 4.79 Å². The predicted molar refractivity (Wildman–Crippen MR) is 177 cm³/mol. The predicted octanol–water partition coefficient (Wildman–Crippen LogP) is 10.0. The molecule has 0 N–H and O–H groups in total. The number of hydrogen-bond donors (Lipinski definition) is 0. The van der Waals surface area contributed by atoms with E-state index < -0.39 is 0 Å². The van der Waals surface area contributed by atoms with E-state index in [9.17, 15) is 4.79 Å². The summed E-state index contributed by atoms with van der Waals surface area (Å²) in [4.78, 5) is 12.8. The lowest BCUT2D eigenvalue weighted by molar-refractivity contribution is 0.570. The summed E-state index contributed by atoms with van der Waals surface area (Å²) in [5.74, 6) is 0. The summed E-state index contributed by atoms with van der Waals surface area (Å²) in [7, 11) is 0. The Labute approximate surface area is 248 Å². The molecule has 0 bridgehead atoms. The molecule has 204 valence electrons. The van der Waals surface area contributed by atoms with Crippen molar-refractivity contribution < 1.29 is 4.42 Å². The minimum atomic E-state index is -0.307. The number of para-hydroxylation sites is 1. The first-order chi connectivity index (χ1) is 21.0. The lowest BCUT2D eigenvalue weighted by Gasteiger charge is -2.21. The highest BCUT2D eigenvalue weighted by atomic mass is 16.4. The molecule has 0 radical (unpaired) electrons. The molecule has 0 amide bonds. The van der Waals surface area contributed by atoms with E-state index in [4.69, 9.17) is 4.42 Å². The topological polar surface area (TPSA) is 35.1 Å². The first-order valence-corrected chi connectivity index (χ1v) is 14.7. The van der Waals surface area contributed by atoms with Gasteiger partial charge in [0.25, 0.3) is 0 Å². The third-order valence-corrected chi connectivity index (χ3v) is 9.44. The Morgan fingerprint density at radius 3 is 2.09 bits per heavy atom. The van der Waals surface area contributed by atoms with Gasteiger partial charge in [0.1, 0.15) is 5.58 Å². The fraction of sp³-hybridized carbons (Fsp3) is 0.0750. The van der Waals surface area contributed by atoms with Crippen LogP contribution in [0.25, 0.3) is 71.5 Å². The van der Waals surface area contributed by atoms with Gasteiger partial charge in [-0.15, -0.1) is 0 Å². The van der Waals surface area contributed by atoms with Crippen molar-refractivity contribution in [1.82, 2.24) is 4.57 Å². The summed E-state index contributed by atoms with van der Waals surface area (Å²) in [5.41, 5.74) is 11.2. The first kappa shape index (κ1) is 24.2. The Kier molecular flexibility index (Phi) is 4.82. The van der Waals surface area contributed by atoms with Gasteiger partial charge in [0.15, 0.2) is 0 Å². The van der Waals surface area contributed by atoms with Gasteiger partial charge in [-0.1, -0.05) is 86.6 Å². The monoisotopic (exact) mass is 553 g/mol. The Morgan fingerprint density at radius 1 is 0.535 bits per heavy atom. The van der Waals surface area contributed by atoms with Gasteiger partial charge in [-0.05, 0) is 93.4 Å². The van der Waals surface area contributed by atoms with Crippen LogP contribution in [-0.4, -0.2) is 4.57 Å². The second kappa shape index (κ2) is 8.56. The van der Waals surface area contributed by atoms with Crippen molar-refractivity contribution in [1.29, 1.82) is 0 Å². The largest absolute Gasteiger partial charge is 0.422 e. The Hall–Kier alpha value is -5.41. The van der Waals surface area contributed by atoms with Crippen LogP contribution in [0.3, 0.4) is 0 Å². The van der Waals surface area contributed by atoms with Gasteiger partial charge in [-0.3, -0.25) is 0 Å².